The number of fused-ring (bicyclic) bond motifs is 1. The zero-order valence-corrected chi connectivity index (χ0v) is 14.6. The van der Waals surface area contributed by atoms with Crippen LogP contribution in [0, 0.1) is 0 Å². The van der Waals surface area contributed by atoms with Crippen LogP contribution in [-0.2, 0) is 13.8 Å². The van der Waals surface area contributed by atoms with E-state index in [0.29, 0.717) is 16.2 Å². The van der Waals surface area contributed by atoms with Crippen molar-refractivity contribution in [1.82, 2.24) is 19.5 Å². The van der Waals surface area contributed by atoms with Crippen molar-refractivity contribution in [2.24, 2.45) is 0 Å². The predicted molar refractivity (Wildman–Crippen MR) is 89.1 cm³/mol. The van der Waals surface area contributed by atoms with E-state index in [4.69, 9.17) is 13.8 Å². The van der Waals surface area contributed by atoms with Gasteiger partial charge in [-0.1, -0.05) is 0 Å². The van der Waals surface area contributed by atoms with E-state index in [1.165, 1.54) is 20.2 Å². The summed E-state index contributed by atoms with van der Waals surface area (Å²) in [5.41, 5.74) is 1.00. The van der Waals surface area contributed by atoms with Crippen molar-refractivity contribution in [2.45, 2.75) is 30.4 Å². The molecule has 0 bridgehead atoms. The molecular formula is C11H18BN4O5PS. The molecule has 1 saturated heterocycles. The molecule has 3 atom stereocenters. The van der Waals surface area contributed by atoms with Crippen LogP contribution in [0.15, 0.2) is 17.7 Å². The summed E-state index contributed by atoms with van der Waals surface area (Å²) in [7, 11) is -1.77. The molecule has 0 aliphatic carbocycles. The summed E-state index contributed by atoms with van der Waals surface area (Å²) in [6.45, 7) is 1.81. The van der Waals surface area contributed by atoms with Gasteiger partial charge < -0.3 is 0 Å². The van der Waals surface area contributed by atoms with Gasteiger partial charge in [0.1, 0.15) is 0 Å². The van der Waals surface area contributed by atoms with E-state index in [9.17, 15) is 10.00 Å². The third kappa shape index (κ3) is 3.66. The van der Waals surface area contributed by atoms with E-state index in [1.54, 1.807) is 11.5 Å². The molecular weight excluding hydrogens is 342 g/mol. The van der Waals surface area contributed by atoms with E-state index in [-0.39, 0.29) is 19.3 Å². The predicted octanol–water partition coefficient (Wildman–Crippen LogP) is -0.538. The molecule has 1 aliphatic heterocycles. The van der Waals surface area contributed by atoms with Gasteiger partial charge in [-0.15, -0.1) is 0 Å². The monoisotopic (exact) mass is 360 g/mol. The fraction of sp³-hybridized carbons (Fsp3) is 0.545. The SMILES string of the molecule is B[PH]1(O)OC[C@H](C)O[C@@H](n2cnc3c(S)ncnc32)[C@@H](O)CO1. The second-order valence-electron chi connectivity index (χ2n) is 5.45. The number of rotatable bonds is 1. The zero-order valence-electron chi connectivity index (χ0n) is 12.7. The number of hydrogen-bond acceptors (Lipinski definition) is 9. The quantitative estimate of drug-likeness (QED) is 0.269. The van der Waals surface area contributed by atoms with Crippen molar-refractivity contribution in [2.75, 3.05) is 13.2 Å². The van der Waals surface area contributed by atoms with Gasteiger partial charge in [0.05, 0.1) is 0 Å². The van der Waals surface area contributed by atoms with Crippen molar-refractivity contribution in [3.05, 3.63) is 12.7 Å². The van der Waals surface area contributed by atoms with E-state index in [1.807, 2.05) is 0 Å². The molecule has 126 valence electrons. The van der Waals surface area contributed by atoms with Gasteiger partial charge >= 0.3 is 139 Å². The molecule has 3 heterocycles. The molecule has 12 heteroatoms. The molecule has 0 spiro atoms. The molecule has 0 amide bonds. The van der Waals surface area contributed by atoms with Crippen molar-refractivity contribution in [3.8, 4) is 0 Å². The van der Waals surface area contributed by atoms with E-state index < -0.39 is 20.2 Å². The normalized spacial score (nSPS) is 30.3. The first kappa shape index (κ1) is 17.0. The first-order valence-corrected chi connectivity index (χ1v) is 9.79. The summed E-state index contributed by atoms with van der Waals surface area (Å²) in [6.07, 6.45) is 0.683. The summed E-state index contributed by atoms with van der Waals surface area (Å²) < 4.78 is 18.2. The number of thiol groups is 1. The first-order chi connectivity index (χ1) is 10.9. The summed E-state index contributed by atoms with van der Waals surface area (Å²) in [5.74, 6) is 0. The Balaban J connectivity index is 1.96. The Hall–Kier alpha value is -0.805. The molecule has 0 unspecified atom stereocenters. The van der Waals surface area contributed by atoms with Crippen molar-refractivity contribution in [3.63, 3.8) is 0 Å². The third-order valence-electron chi connectivity index (χ3n) is 3.42. The van der Waals surface area contributed by atoms with Gasteiger partial charge in [0.25, 0.3) is 0 Å². The standard InChI is InChI=1S/C11H18BN4O5PS/c1-6-2-19-22(12,18)20-3-7(17)11(21-6)16-5-15-8-9(16)13-4-14-10(8)23/h4-7,11,17-18,22H,2-3,12H2,1H3,(H,13,14,23)/t6-,7-,11+/m0/s1. The second-order valence-corrected chi connectivity index (χ2v) is 8.24. The van der Waals surface area contributed by atoms with Crippen LogP contribution in [0.25, 0.3) is 11.2 Å². The number of imidazole rings is 1. The Bertz CT molecular complexity index is 704. The number of ether oxygens (including phenoxy) is 1. The molecule has 23 heavy (non-hydrogen) atoms. The Morgan fingerprint density at radius 1 is 1.35 bits per heavy atom. The summed E-state index contributed by atoms with van der Waals surface area (Å²) in [6, 6.07) is 0. The van der Waals surface area contributed by atoms with Crippen LogP contribution >= 0.6 is 20.5 Å². The molecule has 9 nitrogen and oxygen atoms in total. The van der Waals surface area contributed by atoms with Crippen LogP contribution in [0.5, 0.6) is 0 Å². The number of aromatic nitrogens is 4. The van der Waals surface area contributed by atoms with Gasteiger partial charge in [0.15, 0.2) is 0 Å². The minimum absolute atomic E-state index is 0.130. The van der Waals surface area contributed by atoms with Gasteiger partial charge in [-0.2, -0.15) is 0 Å². The van der Waals surface area contributed by atoms with E-state index in [2.05, 4.69) is 27.6 Å². The summed E-state index contributed by atoms with van der Waals surface area (Å²) in [4.78, 5) is 22.4. The molecule has 2 aromatic heterocycles. The number of aliphatic hydroxyl groups is 1. The summed E-state index contributed by atoms with van der Waals surface area (Å²) >= 11 is 4.24. The van der Waals surface area contributed by atoms with E-state index in [0.717, 1.165) is 0 Å². The topological polar surface area (TPSA) is 112 Å². The van der Waals surface area contributed by atoms with Crippen LogP contribution in [0.4, 0.5) is 0 Å². The average Bonchev–Trinajstić information content (AvgIpc) is 2.94. The van der Waals surface area contributed by atoms with Gasteiger partial charge in [0, 0.05) is 0 Å². The van der Waals surface area contributed by atoms with Crippen LogP contribution < -0.4 is 0 Å². The second kappa shape index (κ2) is 6.60. The molecule has 0 saturated carbocycles. The van der Waals surface area contributed by atoms with Crippen molar-refractivity contribution < 1.29 is 23.8 Å². The molecule has 3 rings (SSSR count). The van der Waals surface area contributed by atoms with Crippen LogP contribution in [0.3, 0.4) is 0 Å². The molecule has 0 aromatic carbocycles. The molecule has 0 radical (unpaired) electrons. The first-order valence-electron chi connectivity index (χ1n) is 7.08. The third-order valence-corrected chi connectivity index (χ3v) is 5.15. The van der Waals surface area contributed by atoms with E-state index >= 15 is 0 Å². The zero-order chi connectivity index (χ0) is 16.6. The van der Waals surface area contributed by atoms with Crippen molar-refractivity contribution >= 4 is 39.2 Å². The minimum atomic E-state index is -3.27. The number of aliphatic hydroxyl groups excluding tert-OH is 1. The maximum absolute atomic E-state index is 10.4. The fourth-order valence-corrected chi connectivity index (χ4v) is 3.60. The average molecular weight is 360 g/mol. The van der Waals surface area contributed by atoms with Crippen LogP contribution in [0.1, 0.15) is 13.2 Å². The Kier molecular flexibility index (Phi) is 4.89. The Morgan fingerprint density at radius 2 is 2.09 bits per heavy atom. The molecule has 2 aromatic rings. The Morgan fingerprint density at radius 3 is 2.87 bits per heavy atom. The van der Waals surface area contributed by atoms with Gasteiger partial charge in [0.2, 0.25) is 0 Å². The van der Waals surface area contributed by atoms with Crippen LogP contribution in [-0.4, -0.2) is 62.5 Å². The fourth-order valence-electron chi connectivity index (χ4n) is 2.28. The Labute approximate surface area is 139 Å². The van der Waals surface area contributed by atoms with Gasteiger partial charge in [-0.25, -0.2) is 0 Å². The van der Waals surface area contributed by atoms with Crippen molar-refractivity contribution in [1.29, 1.82) is 0 Å². The molecule has 1 fully saturated rings. The maximum atomic E-state index is 10.4. The van der Waals surface area contributed by atoms with Crippen LogP contribution in [0.2, 0.25) is 0 Å². The molecule has 1 aliphatic rings. The number of nitrogens with zero attached hydrogens (tertiary/aromatic N) is 4. The van der Waals surface area contributed by atoms with Gasteiger partial charge in [-0.05, 0) is 0 Å². The number of hydrogen-bond donors (Lipinski definition) is 3. The summed E-state index contributed by atoms with van der Waals surface area (Å²) in [5, 5.41) is 10.9. The molecule has 2 N–H and O–H groups in total. The van der Waals surface area contributed by atoms with Gasteiger partial charge in [-0.3, -0.25) is 0 Å².